The summed E-state index contributed by atoms with van der Waals surface area (Å²) in [6.07, 6.45) is 2.05. The van der Waals surface area contributed by atoms with Crippen LogP contribution in [0.25, 0.3) is 11.1 Å². The maximum Gasteiger partial charge on any atom is 0.253 e. The van der Waals surface area contributed by atoms with Crippen LogP contribution in [0.2, 0.25) is 5.02 Å². The summed E-state index contributed by atoms with van der Waals surface area (Å²) in [4.78, 5) is 17.0. The third-order valence-corrected chi connectivity index (χ3v) is 5.40. The van der Waals surface area contributed by atoms with E-state index < -0.39 is 0 Å². The summed E-state index contributed by atoms with van der Waals surface area (Å²) in [7, 11) is 5.67. The van der Waals surface area contributed by atoms with Gasteiger partial charge < -0.3 is 14.5 Å². The molecule has 0 atom stereocenters. The Morgan fingerprint density at radius 3 is 2.42 bits per heavy atom. The summed E-state index contributed by atoms with van der Waals surface area (Å²) in [5.41, 5.74) is 2.60. The average molecular weight is 373 g/mol. The molecule has 5 heteroatoms. The van der Waals surface area contributed by atoms with Crippen molar-refractivity contribution in [3.05, 3.63) is 53.1 Å². The minimum atomic E-state index is 0.0733. The molecule has 3 rings (SSSR count). The highest BCUT2D eigenvalue weighted by atomic mass is 35.5. The van der Waals surface area contributed by atoms with Crippen LogP contribution in [0.5, 0.6) is 5.75 Å². The fraction of sp³-hybridized carbons (Fsp3) is 0.381. The molecule has 1 fully saturated rings. The van der Waals surface area contributed by atoms with Crippen molar-refractivity contribution in [3.63, 3.8) is 0 Å². The number of carbonyl (C=O) groups is 1. The number of rotatable bonds is 4. The first-order valence-corrected chi connectivity index (χ1v) is 9.27. The molecule has 0 unspecified atom stereocenters. The van der Waals surface area contributed by atoms with Crippen molar-refractivity contribution in [2.75, 3.05) is 34.3 Å². The molecular formula is C21H25ClN2O2. The van der Waals surface area contributed by atoms with Gasteiger partial charge in [0.05, 0.1) is 7.11 Å². The van der Waals surface area contributed by atoms with Crippen molar-refractivity contribution in [1.29, 1.82) is 0 Å². The molecule has 2 aromatic carbocycles. The first kappa shape index (κ1) is 18.7. The second kappa shape index (κ2) is 8.11. The van der Waals surface area contributed by atoms with Crippen molar-refractivity contribution in [1.82, 2.24) is 9.80 Å². The van der Waals surface area contributed by atoms with E-state index in [1.54, 1.807) is 13.2 Å². The molecule has 0 saturated carbocycles. The van der Waals surface area contributed by atoms with Gasteiger partial charge in [0.25, 0.3) is 5.91 Å². The zero-order chi connectivity index (χ0) is 18.7. The van der Waals surface area contributed by atoms with Crippen molar-refractivity contribution < 1.29 is 9.53 Å². The maximum atomic E-state index is 12.8. The van der Waals surface area contributed by atoms with Crippen molar-refractivity contribution in [2.24, 2.45) is 0 Å². The summed E-state index contributed by atoms with van der Waals surface area (Å²) >= 11 is 6.12. The van der Waals surface area contributed by atoms with E-state index in [1.807, 2.05) is 48.3 Å². The van der Waals surface area contributed by atoms with E-state index >= 15 is 0 Å². The average Bonchev–Trinajstić information content (AvgIpc) is 2.67. The van der Waals surface area contributed by atoms with Crippen molar-refractivity contribution >= 4 is 17.5 Å². The summed E-state index contributed by atoms with van der Waals surface area (Å²) in [5.74, 6) is 0.834. The second-order valence-electron chi connectivity index (χ2n) is 6.87. The molecule has 1 saturated heterocycles. The Balaban J connectivity index is 1.77. The molecule has 2 aromatic rings. The van der Waals surface area contributed by atoms with Gasteiger partial charge in [-0.25, -0.2) is 0 Å². The smallest absolute Gasteiger partial charge is 0.253 e. The molecule has 1 heterocycles. The number of halogens is 1. The lowest BCUT2D eigenvalue weighted by Gasteiger charge is -2.35. The van der Waals surface area contributed by atoms with Gasteiger partial charge in [0.15, 0.2) is 0 Å². The summed E-state index contributed by atoms with van der Waals surface area (Å²) in [6.45, 7) is 2.07. The van der Waals surface area contributed by atoms with E-state index in [0.29, 0.717) is 16.6 Å². The standard InChI is InChI=1S/C21H25ClN2O2/c1-23-12-10-18(11-13-23)24(2)21(25)16-6-4-15(5-7-16)19-14-17(22)8-9-20(19)26-3/h4-9,14,18H,10-13H2,1-3H3. The van der Waals surface area contributed by atoms with E-state index in [4.69, 9.17) is 16.3 Å². The maximum absolute atomic E-state index is 12.8. The molecule has 0 aliphatic carbocycles. The first-order chi connectivity index (χ1) is 12.5. The molecule has 138 valence electrons. The fourth-order valence-corrected chi connectivity index (χ4v) is 3.62. The van der Waals surface area contributed by atoms with Crippen LogP contribution in [0.1, 0.15) is 23.2 Å². The van der Waals surface area contributed by atoms with Gasteiger partial charge in [0.1, 0.15) is 5.75 Å². The Kier molecular flexibility index (Phi) is 5.84. The van der Waals surface area contributed by atoms with Gasteiger partial charge in [-0.05, 0) is 68.9 Å². The van der Waals surface area contributed by atoms with Gasteiger partial charge in [0.2, 0.25) is 0 Å². The Bertz CT molecular complexity index is 768. The van der Waals surface area contributed by atoms with Gasteiger partial charge in [-0.2, -0.15) is 0 Å². The summed E-state index contributed by atoms with van der Waals surface area (Å²) < 4.78 is 5.42. The van der Waals surface area contributed by atoms with Crippen LogP contribution in [0.3, 0.4) is 0 Å². The molecule has 0 bridgehead atoms. The number of piperidine rings is 1. The fourth-order valence-electron chi connectivity index (χ4n) is 3.45. The number of nitrogens with zero attached hydrogens (tertiary/aromatic N) is 2. The van der Waals surface area contributed by atoms with Crippen molar-refractivity contribution in [3.8, 4) is 16.9 Å². The molecule has 26 heavy (non-hydrogen) atoms. The SMILES string of the molecule is COc1ccc(Cl)cc1-c1ccc(C(=O)N(C)C2CCN(C)CC2)cc1. The third kappa shape index (κ3) is 4.02. The predicted molar refractivity (Wildman–Crippen MR) is 106 cm³/mol. The normalized spacial score (nSPS) is 15.7. The van der Waals surface area contributed by atoms with Gasteiger partial charge in [-0.1, -0.05) is 23.7 Å². The van der Waals surface area contributed by atoms with E-state index in [0.717, 1.165) is 42.8 Å². The minimum absolute atomic E-state index is 0.0733. The van der Waals surface area contributed by atoms with Crippen LogP contribution in [-0.4, -0.2) is 56.0 Å². The highest BCUT2D eigenvalue weighted by Gasteiger charge is 2.24. The Morgan fingerprint density at radius 2 is 1.81 bits per heavy atom. The van der Waals surface area contributed by atoms with E-state index in [-0.39, 0.29) is 5.91 Å². The topological polar surface area (TPSA) is 32.8 Å². The van der Waals surface area contributed by atoms with Crippen LogP contribution < -0.4 is 4.74 Å². The predicted octanol–water partition coefficient (Wildman–Crippen LogP) is 4.18. The molecule has 0 radical (unpaired) electrons. The summed E-state index contributed by atoms with van der Waals surface area (Å²) in [6, 6.07) is 13.5. The van der Waals surface area contributed by atoms with Crippen LogP contribution >= 0.6 is 11.6 Å². The number of benzene rings is 2. The van der Waals surface area contributed by atoms with Crippen molar-refractivity contribution in [2.45, 2.75) is 18.9 Å². The number of amides is 1. The number of methoxy groups -OCH3 is 1. The Labute approximate surface area is 160 Å². The first-order valence-electron chi connectivity index (χ1n) is 8.89. The highest BCUT2D eigenvalue weighted by Crippen LogP contribution is 2.32. The quantitative estimate of drug-likeness (QED) is 0.807. The molecule has 4 nitrogen and oxygen atoms in total. The van der Waals surface area contributed by atoms with Crippen LogP contribution in [0.15, 0.2) is 42.5 Å². The molecule has 1 aliphatic heterocycles. The highest BCUT2D eigenvalue weighted by molar-refractivity contribution is 6.31. The number of likely N-dealkylation sites (tertiary alicyclic amines) is 1. The van der Waals surface area contributed by atoms with Crippen LogP contribution in [0, 0.1) is 0 Å². The van der Waals surface area contributed by atoms with Crippen LogP contribution in [0.4, 0.5) is 0 Å². The second-order valence-corrected chi connectivity index (χ2v) is 7.31. The monoisotopic (exact) mass is 372 g/mol. The number of hydrogen-bond donors (Lipinski definition) is 0. The van der Waals surface area contributed by atoms with Gasteiger partial charge >= 0.3 is 0 Å². The number of carbonyl (C=O) groups excluding carboxylic acids is 1. The van der Waals surface area contributed by atoms with E-state index in [2.05, 4.69) is 11.9 Å². The third-order valence-electron chi connectivity index (χ3n) is 5.16. The van der Waals surface area contributed by atoms with Crippen LogP contribution in [-0.2, 0) is 0 Å². The van der Waals surface area contributed by atoms with Gasteiger partial charge in [-0.15, -0.1) is 0 Å². The number of hydrogen-bond acceptors (Lipinski definition) is 3. The molecule has 0 spiro atoms. The van der Waals surface area contributed by atoms with E-state index in [1.165, 1.54) is 0 Å². The molecular weight excluding hydrogens is 348 g/mol. The zero-order valence-electron chi connectivity index (χ0n) is 15.5. The molecule has 1 aliphatic rings. The largest absolute Gasteiger partial charge is 0.496 e. The number of ether oxygens (including phenoxy) is 1. The zero-order valence-corrected chi connectivity index (χ0v) is 16.3. The van der Waals surface area contributed by atoms with E-state index in [9.17, 15) is 4.79 Å². The van der Waals surface area contributed by atoms with Gasteiger partial charge in [0, 0.05) is 29.2 Å². The lowest BCUT2D eigenvalue weighted by atomic mass is 10.0. The minimum Gasteiger partial charge on any atom is -0.496 e. The molecule has 1 amide bonds. The lowest BCUT2D eigenvalue weighted by molar-refractivity contribution is 0.0659. The molecule has 0 N–H and O–H groups in total. The lowest BCUT2D eigenvalue weighted by Crippen LogP contribution is -2.44. The van der Waals surface area contributed by atoms with Gasteiger partial charge in [-0.3, -0.25) is 4.79 Å². The Morgan fingerprint density at radius 1 is 1.15 bits per heavy atom. The summed E-state index contributed by atoms with van der Waals surface area (Å²) in [5, 5.41) is 0.656. The molecule has 0 aromatic heterocycles. The Hall–Kier alpha value is -2.04.